The van der Waals surface area contributed by atoms with Crippen LogP contribution in [0.2, 0.25) is 0 Å². The lowest BCUT2D eigenvalue weighted by atomic mass is 10.0. The van der Waals surface area contributed by atoms with Gasteiger partial charge in [0.2, 0.25) is 0 Å². The van der Waals surface area contributed by atoms with Gasteiger partial charge in [-0.2, -0.15) is 8.78 Å². The van der Waals surface area contributed by atoms with Gasteiger partial charge in [0.15, 0.2) is 23.3 Å². The minimum atomic E-state index is -3.79. The molecule has 0 amide bonds. The van der Waals surface area contributed by atoms with E-state index in [0.717, 1.165) is 42.2 Å². The van der Waals surface area contributed by atoms with E-state index in [0.29, 0.717) is 35.7 Å². The van der Waals surface area contributed by atoms with Gasteiger partial charge in [-0.1, -0.05) is 37.6 Å². The molecule has 190 valence electrons. The van der Waals surface area contributed by atoms with E-state index in [-0.39, 0.29) is 11.1 Å². The molecule has 0 bridgehead atoms. The molecule has 0 spiro atoms. The summed E-state index contributed by atoms with van der Waals surface area (Å²) in [4.78, 5) is 8.64. The van der Waals surface area contributed by atoms with Crippen molar-refractivity contribution in [1.29, 1.82) is 0 Å². The van der Waals surface area contributed by atoms with E-state index >= 15 is 0 Å². The first-order valence-electron chi connectivity index (χ1n) is 11.3. The van der Waals surface area contributed by atoms with Crippen molar-refractivity contribution in [3.05, 3.63) is 107 Å². The Morgan fingerprint density at radius 3 is 2.05 bits per heavy atom. The van der Waals surface area contributed by atoms with Crippen LogP contribution in [0.4, 0.5) is 26.3 Å². The lowest BCUT2D eigenvalue weighted by Crippen LogP contribution is -2.21. The number of alkyl halides is 2. The van der Waals surface area contributed by atoms with Crippen molar-refractivity contribution in [3.8, 4) is 28.3 Å². The lowest BCUT2D eigenvalue weighted by Gasteiger charge is -2.15. The molecule has 9 heteroatoms. The number of benzene rings is 3. The van der Waals surface area contributed by atoms with Gasteiger partial charge in [0.25, 0.3) is 0 Å². The Morgan fingerprint density at radius 2 is 1.46 bits per heavy atom. The molecule has 4 rings (SSSR count). The third-order valence-corrected chi connectivity index (χ3v) is 5.37. The van der Waals surface area contributed by atoms with Crippen molar-refractivity contribution >= 4 is 6.08 Å². The summed E-state index contributed by atoms with van der Waals surface area (Å²) < 4.78 is 87.8. The van der Waals surface area contributed by atoms with Gasteiger partial charge in [-0.15, -0.1) is 0 Å². The topological polar surface area (TPSA) is 35.0 Å². The molecule has 1 aromatic heterocycles. The van der Waals surface area contributed by atoms with Gasteiger partial charge < -0.3 is 4.74 Å². The fraction of sp³-hybridized carbons (Fsp3) is 0.143. The van der Waals surface area contributed by atoms with Crippen LogP contribution in [0, 0.1) is 23.3 Å². The minimum absolute atomic E-state index is 0.294. The molecule has 0 aliphatic rings. The van der Waals surface area contributed by atoms with Crippen LogP contribution in [-0.2, 0) is 6.42 Å². The first kappa shape index (κ1) is 25.9. The van der Waals surface area contributed by atoms with Crippen LogP contribution in [0.1, 0.15) is 24.5 Å². The molecule has 37 heavy (non-hydrogen) atoms. The first-order chi connectivity index (χ1) is 17.6. The lowest BCUT2D eigenvalue weighted by molar-refractivity contribution is -0.131. The highest BCUT2D eigenvalue weighted by molar-refractivity contribution is 5.65. The summed E-state index contributed by atoms with van der Waals surface area (Å²) in [5.74, 6) is -5.78. The van der Waals surface area contributed by atoms with Crippen molar-refractivity contribution < 1.29 is 31.1 Å². The highest BCUT2D eigenvalue weighted by Crippen LogP contribution is 2.31. The molecule has 0 aliphatic heterocycles. The van der Waals surface area contributed by atoms with Crippen LogP contribution in [0.3, 0.4) is 0 Å². The second-order valence-corrected chi connectivity index (χ2v) is 8.18. The van der Waals surface area contributed by atoms with E-state index in [2.05, 4.69) is 21.6 Å². The predicted octanol–water partition coefficient (Wildman–Crippen LogP) is 8.00. The summed E-state index contributed by atoms with van der Waals surface area (Å²) in [6.07, 6.45) is 3.23. The van der Waals surface area contributed by atoms with Crippen molar-refractivity contribution in [3.63, 3.8) is 0 Å². The summed E-state index contributed by atoms with van der Waals surface area (Å²) in [5.41, 5.74) is 1.60. The van der Waals surface area contributed by atoms with Crippen LogP contribution in [0.5, 0.6) is 5.75 Å². The Hall–Kier alpha value is -4.14. The fourth-order valence-corrected chi connectivity index (χ4v) is 3.55. The number of hydrogen-bond donors (Lipinski definition) is 0. The van der Waals surface area contributed by atoms with Crippen LogP contribution in [0.25, 0.3) is 28.6 Å². The Balaban J connectivity index is 1.44. The summed E-state index contributed by atoms with van der Waals surface area (Å²) >= 11 is 0. The van der Waals surface area contributed by atoms with E-state index < -0.39 is 35.1 Å². The quantitative estimate of drug-likeness (QED) is 0.177. The number of ether oxygens (including phenoxy) is 1. The molecule has 0 unspecified atom stereocenters. The zero-order valence-corrected chi connectivity index (χ0v) is 19.5. The van der Waals surface area contributed by atoms with E-state index in [1.54, 1.807) is 36.7 Å². The van der Waals surface area contributed by atoms with E-state index in [1.165, 1.54) is 0 Å². The summed E-state index contributed by atoms with van der Waals surface area (Å²) in [6.45, 7) is 2.06. The molecule has 3 nitrogen and oxygen atoms in total. The summed E-state index contributed by atoms with van der Waals surface area (Å²) in [5, 5.41) is 0. The maximum atomic E-state index is 14.5. The van der Waals surface area contributed by atoms with E-state index in [9.17, 15) is 26.3 Å². The largest absolute Gasteiger partial charge is 0.429 e. The van der Waals surface area contributed by atoms with Gasteiger partial charge >= 0.3 is 6.11 Å². The van der Waals surface area contributed by atoms with Gasteiger partial charge in [0.05, 0.1) is 0 Å². The van der Waals surface area contributed by atoms with Gasteiger partial charge in [0.1, 0.15) is 11.6 Å². The third-order valence-electron chi connectivity index (χ3n) is 5.37. The van der Waals surface area contributed by atoms with Gasteiger partial charge in [-0.3, -0.25) is 0 Å². The van der Waals surface area contributed by atoms with Crippen LogP contribution in [-0.4, -0.2) is 16.1 Å². The standard InChI is InChI=1S/C28H20F6N2O/c1-2-3-18-15-35-27(36-16-18)19-6-4-17(5-7-19)10-11-28(33,34)37-21-8-9-22(23(29)14-21)20-12-24(30)26(32)25(31)13-20/h4-16H,2-3H2,1H3. The highest BCUT2D eigenvalue weighted by atomic mass is 19.3. The highest BCUT2D eigenvalue weighted by Gasteiger charge is 2.28. The summed E-state index contributed by atoms with van der Waals surface area (Å²) in [6, 6.07) is 10.5. The average molecular weight is 514 g/mol. The SMILES string of the molecule is CCCc1cnc(-c2ccc(C=CC(F)(F)Oc3ccc(-c4cc(F)c(F)c(F)c4)c(F)c3)cc2)nc1. The molecule has 0 fully saturated rings. The molecule has 0 saturated heterocycles. The molecule has 0 aliphatic carbocycles. The molecular formula is C28H20F6N2O. The number of aromatic nitrogens is 2. The Morgan fingerprint density at radius 1 is 0.811 bits per heavy atom. The summed E-state index contributed by atoms with van der Waals surface area (Å²) in [7, 11) is 0. The minimum Gasteiger partial charge on any atom is -0.429 e. The molecule has 3 aromatic carbocycles. The fourth-order valence-electron chi connectivity index (χ4n) is 3.55. The normalized spacial score (nSPS) is 11.8. The van der Waals surface area contributed by atoms with Crippen molar-refractivity contribution in [2.45, 2.75) is 25.9 Å². The molecule has 0 N–H and O–H groups in total. The zero-order valence-electron chi connectivity index (χ0n) is 19.5. The Kier molecular flexibility index (Phi) is 7.61. The second-order valence-electron chi connectivity index (χ2n) is 8.18. The molecule has 4 aromatic rings. The zero-order chi connectivity index (χ0) is 26.6. The van der Waals surface area contributed by atoms with E-state index in [1.807, 2.05) is 0 Å². The van der Waals surface area contributed by atoms with Gasteiger partial charge in [-0.25, -0.2) is 27.5 Å². The molecule has 0 saturated carbocycles. The van der Waals surface area contributed by atoms with Gasteiger partial charge in [0, 0.05) is 35.7 Å². The molecule has 0 atom stereocenters. The monoisotopic (exact) mass is 514 g/mol. The third kappa shape index (κ3) is 6.35. The number of rotatable bonds is 8. The number of hydrogen-bond acceptors (Lipinski definition) is 3. The van der Waals surface area contributed by atoms with Crippen LogP contribution < -0.4 is 4.74 Å². The number of aryl methyl sites for hydroxylation is 1. The Bertz CT molecular complexity index is 1400. The van der Waals surface area contributed by atoms with Crippen LogP contribution in [0.15, 0.2) is 73.1 Å². The number of halogens is 6. The van der Waals surface area contributed by atoms with Crippen LogP contribution >= 0.6 is 0 Å². The second kappa shape index (κ2) is 10.9. The smallest absolute Gasteiger partial charge is 0.419 e. The maximum absolute atomic E-state index is 14.5. The van der Waals surface area contributed by atoms with Crippen molar-refractivity contribution in [1.82, 2.24) is 9.97 Å². The molecule has 1 heterocycles. The average Bonchev–Trinajstić information content (AvgIpc) is 2.87. The molecule has 0 radical (unpaired) electrons. The number of nitrogens with zero attached hydrogens (tertiary/aromatic N) is 2. The maximum Gasteiger partial charge on any atom is 0.419 e. The van der Waals surface area contributed by atoms with Gasteiger partial charge in [-0.05, 0) is 53.5 Å². The first-order valence-corrected chi connectivity index (χ1v) is 11.3. The van der Waals surface area contributed by atoms with Crippen molar-refractivity contribution in [2.24, 2.45) is 0 Å². The molecular weight excluding hydrogens is 494 g/mol. The Labute approximate surface area is 209 Å². The van der Waals surface area contributed by atoms with E-state index in [4.69, 9.17) is 0 Å². The van der Waals surface area contributed by atoms with Crippen molar-refractivity contribution in [2.75, 3.05) is 0 Å². The predicted molar refractivity (Wildman–Crippen MR) is 128 cm³/mol.